The number of hydrogen-bond donors (Lipinski definition) is 0. The van der Waals surface area contributed by atoms with Crippen LogP contribution in [0.5, 0.6) is 0 Å². The molecule has 64 heavy (non-hydrogen) atoms. The molecule has 0 saturated heterocycles. The van der Waals surface area contributed by atoms with Gasteiger partial charge in [0, 0.05) is 19.3 Å². The first-order valence-electron chi connectivity index (χ1n) is 27.6. The minimum Gasteiger partial charge on any atom is -0.462 e. The number of unbranched alkanes of at least 4 members (excludes halogenated alkanes) is 31. The maximum absolute atomic E-state index is 12.8. The van der Waals surface area contributed by atoms with Gasteiger partial charge in [0.1, 0.15) is 13.2 Å². The molecule has 0 aliphatic carbocycles. The topological polar surface area (TPSA) is 78.9 Å². The Morgan fingerprint density at radius 2 is 0.609 bits per heavy atom. The molecule has 0 amide bonds. The molecule has 0 radical (unpaired) electrons. The van der Waals surface area contributed by atoms with Gasteiger partial charge in [0.05, 0.1) is 0 Å². The Bertz CT molecular complexity index is 1120. The van der Waals surface area contributed by atoms with Crippen LogP contribution in [0.15, 0.2) is 48.6 Å². The molecule has 0 saturated carbocycles. The first kappa shape index (κ1) is 61.4. The molecule has 0 heterocycles. The van der Waals surface area contributed by atoms with Gasteiger partial charge in [0.2, 0.25) is 0 Å². The number of carbonyl (C=O) groups is 3. The average molecular weight is 897 g/mol. The van der Waals surface area contributed by atoms with E-state index < -0.39 is 6.10 Å². The van der Waals surface area contributed by atoms with Gasteiger partial charge in [-0.2, -0.15) is 0 Å². The zero-order valence-electron chi connectivity index (χ0n) is 42.6. The van der Waals surface area contributed by atoms with E-state index in [4.69, 9.17) is 14.2 Å². The van der Waals surface area contributed by atoms with E-state index in [0.717, 1.165) is 96.3 Å². The van der Waals surface area contributed by atoms with Crippen molar-refractivity contribution in [2.24, 2.45) is 0 Å². The Hall–Kier alpha value is -2.63. The summed E-state index contributed by atoms with van der Waals surface area (Å²) in [6.07, 6.45) is 63.8. The highest BCUT2D eigenvalue weighted by atomic mass is 16.6. The smallest absolute Gasteiger partial charge is 0.306 e. The maximum Gasteiger partial charge on any atom is 0.306 e. The summed E-state index contributed by atoms with van der Waals surface area (Å²) in [5, 5.41) is 0. The van der Waals surface area contributed by atoms with E-state index in [-0.39, 0.29) is 31.1 Å². The molecule has 0 rings (SSSR count). The second-order valence-electron chi connectivity index (χ2n) is 18.5. The molecule has 0 spiro atoms. The molecule has 372 valence electrons. The fourth-order valence-electron chi connectivity index (χ4n) is 7.96. The summed E-state index contributed by atoms with van der Waals surface area (Å²) in [5.74, 6) is -0.890. The number of hydrogen-bond acceptors (Lipinski definition) is 6. The highest BCUT2D eigenvalue weighted by Crippen LogP contribution is 2.16. The molecule has 1 unspecified atom stereocenters. The zero-order valence-corrected chi connectivity index (χ0v) is 42.6. The minimum atomic E-state index is -0.781. The third-order valence-corrected chi connectivity index (χ3v) is 12.1. The minimum absolute atomic E-state index is 0.0792. The summed E-state index contributed by atoms with van der Waals surface area (Å²) in [7, 11) is 0. The molecule has 0 N–H and O–H groups in total. The second kappa shape index (κ2) is 53.0. The van der Waals surface area contributed by atoms with Crippen LogP contribution in [-0.4, -0.2) is 37.2 Å². The number of esters is 3. The summed E-state index contributed by atoms with van der Waals surface area (Å²) in [5.41, 5.74) is 0. The van der Waals surface area contributed by atoms with Crippen molar-refractivity contribution in [3.63, 3.8) is 0 Å². The number of rotatable bonds is 50. The maximum atomic E-state index is 12.8. The molecule has 0 aromatic carbocycles. The van der Waals surface area contributed by atoms with Crippen LogP contribution < -0.4 is 0 Å². The quantitative estimate of drug-likeness (QED) is 0.0262. The van der Waals surface area contributed by atoms with Crippen LogP contribution in [0.2, 0.25) is 0 Å². The molecule has 0 aliphatic rings. The van der Waals surface area contributed by atoms with Crippen LogP contribution in [0.3, 0.4) is 0 Å². The third-order valence-electron chi connectivity index (χ3n) is 12.1. The summed E-state index contributed by atoms with van der Waals surface area (Å²) in [6.45, 7) is 6.53. The highest BCUT2D eigenvalue weighted by molar-refractivity contribution is 5.71. The normalized spacial score (nSPS) is 12.4. The van der Waals surface area contributed by atoms with Crippen molar-refractivity contribution in [2.45, 2.75) is 290 Å². The van der Waals surface area contributed by atoms with Crippen molar-refractivity contribution in [2.75, 3.05) is 13.2 Å². The van der Waals surface area contributed by atoms with E-state index in [1.807, 2.05) is 0 Å². The van der Waals surface area contributed by atoms with E-state index in [0.29, 0.717) is 19.3 Å². The van der Waals surface area contributed by atoms with Gasteiger partial charge in [-0.05, 0) is 57.8 Å². The van der Waals surface area contributed by atoms with Crippen LogP contribution in [0.1, 0.15) is 284 Å². The largest absolute Gasteiger partial charge is 0.462 e. The zero-order chi connectivity index (χ0) is 46.5. The van der Waals surface area contributed by atoms with E-state index in [1.54, 1.807) is 0 Å². The van der Waals surface area contributed by atoms with E-state index in [1.165, 1.54) is 148 Å². The molecule has 1 atom stereocenters. The SMILES string of the molecule is CC/C=C\C/C=C\C/C=C\C/C=C\CCCCCCC(=O)OC(COC(=O)CCCCCCCCCCCCC)COC(=O)CCCCCCCCCCCCCCCCCCCC. The molecule has 6 nitrogen and oxygen atoms in total. The standard InChI is InChI=1S/C58H104O6/c1-4-7-10-13-16-19-22-24-26-28-30-31-33-36-39-42-45-48-51-57(60)63-54-55(53-62-56(59)50-47-44-41-38-35-21-18-15-12-9-6-3)64-58(61)52-49-46-43-40-37-34-32-29-27-25-23-20-17-14-11-8-5-2/h8,11,17,20,25,27,32,34,55H,4-7,9-10,12-16,18-19,21-24,26,28-31,33,35-54H2,1-3H3/b11-8-,20-17-,27-25-,34-32-. The monoisotopic (exact) mass is 897 g/mol. The van der Waals surface area contributed by atoms with E-state index in [9.17, 15) is 14.4 Å². The summed E-state index contributed by atoms with van der Waals surface area (Å²) >= 11 is 0. The van der Waals surface area contributed by atoms with Crippen molar-refractivity contribution in [1.29, 1.82) is 0 Å². The van der Waals surface area contributed by atoms with Crippen LogP contribution >= 0.6 is 0 Å². The Balaban J connectivity index is 4.35. The number of ether oxygens (including phenoxy) is 3. The van der Waals surface area contributed by atoms with Crippen molar-refractivity contribution >= 4 is 17.9 Å². The van der Waals surface area contributed by atoms with E-state index in [2.05, 4.69) is 69.4 Å². The van der Waals surface area contributed by atoms with Crippen LogP contribution in [0, 0.1) is 0 Å². The van der Waals surface area contributed by atoms with Gasteiger partial charge in [-0.15, -0.1) is 0 Å². The van der Waals surface area contributed by atoms with Crippen LogP contribution in [0.25, 0.3) is 0 Å². The van der Waals surface area contributed by atoms with Crippen molar-refractivity contribution in [1.82, 2.24) is 0 Å². The van der Waals surface area contributed by atoms with Crippen molar-refractivity contribution in [3.8, 4) is 0 Å². The lowest BCUT2D eigenvalue weighted by Crippen LogP contribution is -2.30. The first-order valence-corrected chi connectivity index (χ1v) is 27.6. The predicted octanol–water partition coefficient (Wildman–Crippen LogP) is 18.3. The fourth-order valence-corrected chi connectivity index (χ4v) is 7.96. The fraction of sp³-hybridized carbons (Fsp3) is 0.810. The van der Waals surface area contributed by atoms with Gasteiger partial charge in [0.25, 0.3) is 0 Å². The number of carbonyl (C=O) groups excluding carboxylic acids is 3. The Kier molecular flexibility index (Phi) is 50.8. The second-order valence-corrected chi connectivity index (χ2v) is 18.5. The van der Waals surface area contributed by atoms with Crippen LogP contribution in [-0.2, 0) is 28.6 Å². The molecule has 6 heteroatoms. The lowest BCUT2D eigenvalue weighted by Gasteiger charge is -2.18. The molecule has 0 fully saturated rings. The van der Waals surface area contributed by atoms with Crippen LogP contribution in [0.4, 0.5) is 0 Å². The summed E-state index contributed by atoms with van der Waals surface area (Å²) in [6, 6.07) is 0. The van der Waals surface area contributed by atoms with Gasteiger partial charge < -0.3 is 14.2 Å². The lowest BCUT2D eigenvalue weighted by atomic mass is 10.0. The Morgan fingerprint density at radius 3 is 0.953 bits per heavy atom. The van der Waals surface area contributed by atoms with Crippen molar-refractivity contribution in [3.05, 3.63) is 48.6 Å². The molecular formula is C58H104O6. The van der Waals surface area contributed by atoms with Gasteiger partial charge in [-0.1, -0.05) is 256 Å². The van der Waals surface area contributed by atoms with Gasteiger partial charge in [-0.3, -0.25) is 14.4 Å². The van der Waals surface area contributed by atoms with E-state index >= 15 is 0 Å². The highest BCUT2D eigenvalue weighted by Gasteiger charge is 2.19. The molecule has 0 bridgehead atoms. The third kappa shape index (κ3) is 50.4. The van der Waals surface area contributed by atoms with Gasteiger partial charge >= 0.3 is 17.9 Å². The molecule has 0 aromatic heterocycles. The predicted molar refractivity (Wildman–Crippen MR) is 275 cm³/mol. The average Bonchev–Trinajstić information content (AvgIpc) is 3.29. The first-order chi connectivity index (χ1) is 31.5. The molecular weight excluding hydrogens is 793 g/mol. The van der Waals surface area contributed by atoms with Gasteiger partial charge in [-0.25, -0.2) is 0 Å². The molecule has 0 aromatic rings. The summed E-state index contributed by atoms with van der Waals surface area (Å²) in [4.78, 5) is 38.0. The Labute approximate surface area is 397 Å². The Morgan fingerprint density at radius 1 is 0.328 bits per heavy atom. The number of allylic oxidation sites excluding steroid dienone is 8. The van der Waals surface area contributed by atoms with Gasteiger partial charge in [0.15, 0.2) is 6.10 Å². The van der Waals surface area contributed by atoms with Crippen molar-refractivity contribution < 1.29 is 28.6 Å². The summed E-state index contributed by atoms with van der Waals surface area (Å²) < 4.78 is 16.8. The lowest BCUT2D eigenvalue weighted by molar-refractivity contribution is -0.167. The molecule has 0 aliphatic heterocycles.